The SMILES string of the molecule is NCC(c1ccccc1Cl)C(F)(F)F. The fourth-order valence-corrected chi connectivity index (χ4v) is 1.46. The summed E-state index contributed by atoms with van der Waals surface area (Å²) in [6.07, 6.45) is -4.35. The van der Waals surface area contributed by atoms with E-state index in [-0.39, 0.29) is 10.6 Å². The number of rotatable bonds is 2. The van der Waals surface area contributed by atoms with Crippen LogP contribution in [0.3, 0.4) is 0 Å². The van der Waals surface area contributed by atoms with Gasteiger partial charge in [-0.15, -0.1) is 0 Å². The van der Waals surface area contributed by atoms with E-state index in [9.17, 15) is 13.2 Å². The van der Waals surface area contributed by atoms with Crippen molar-refractivity contribution in [3.63, 3.8) is 0 Å². The second kappa shape index (κ2) is 4.19. The maximum atomic E-state index is 12.4. The summed E-state index contributed by atoms with van der Waals surface area (Å²) in [4.78, 5) is 0. The summed E-state index contributed by atoms with van der Waals surface area (Å²) >= 11 is 5.65. The van der Waals surface area contributed by atoms with Crippen LogP contribution in [0.4, 0.5) is 13.2 Å². The first-order chi connectivity index (χ1) is 6.46. The number of benzene rings is 1. The van der Waals surface area contributed by atoms with Crippen molar-refractivity contribution in [3.8, 4) is 0 Å². The molecule has 0 amide bonds. The Kier molecular flexibility index (Phi) is 3.39. The Bertz CT molecular complexity index is 311. The van der Waals surface area contributed by atoms with Crippen LogP contribution < -0.4 is 5.73 Å². The summed E-state index contributed by atoms with van der Waals surface area (Å²) in [5.41, 5.74) is 5.11. The molecule has 1 atom stereocenters. The lowest BCUT2D eigenvalue weighted by Gasteiger charge is -2.19. The van der Waals surface area contributed by atoms with Crippen LogP contribution in [0, 0.1) is 0 Å². The molecule has 1 nitrogen and oxygen atoms in total. The summed E-state index contributed by atoms with van der Waals surface area (Å²) < 4.78 is 37.3. The quantitative estimate of drug-likeness (QED) is 0.820. The van der Waals surface area contributed by atoms with E-state index in [0.717, 1.165) is 0 Å². The third-order valence-electron chi connectivity index (χ3n) is 1.91. The maximum Gasteiger partial charge on any atom is 0.397 e. The predicted molar refractivity (Wildman–Crippen MR) is 49.3 cm³/mol. The normalized spacial score (nSPS) is 14.1. The van der Waals surface area contributed by atoms with Gasteiger partial charge in [-0.2, -0.15) is 13.2 Å². The molecular weight excluding hydrogens is 215 g/mol. The second-order valence-electron chi connectivity index (χ2n) is 2.85. The molecule has 1 rings (SSSR count). The zero-order valence-electron chi connectivity index (χ0n) is 7.18. The molecule has 1 aromatic carbocycles. The van der Waals surface area contributed by atoms with Gasteiger partial charge >= 0.3 is 6.18 Å². The third-order valence-corrected chi connectivity index (χ3v) is 2.26. The van der Waals surface area contributed by atoms with E-state index in [1.54, 1.807) is 6.07 Å². The van der Waals surface area contributed by atoms with Gasteiger partial charge in [0.05, 0.1) is 5.92 Å². The first-order valence-corrected chi connectivity index (χ1v) is 4.36. The van der Waals surface area contributed by atoms with E-state index < -0.39 is 18.6 Å². The number of halogens is 4. The van der Waals surface area contributed by atoms with Crippen LogP contribution in [0.1, 0.15) is 11.5 Å². The van der Waals surface area contributed by atoms with Crippen molar-refractivity contribution >= 4 is 11.6 Å². The van der Waals surface area contributed by atoms with E-state index in [0.29, 0.717) is 0 Å². The van der Waals surface area contributed by atoms with Gasteiger partial charge in [0, 0.05) is 11.6 Å². The minimum atomic E-state index is -4.35. The molecule has 5 heteroatoms. The molecule has 0 aliphatic carbocycles. The van der Waals surface area contributed by atoms with Crippen LogP contribution in [-0.2, 0) is 0 Å². The Balaban J connectivity index is 3.08. The van der Waals surface area contributed by atoms with Crippen molar-refractivity contribution in [2.45, 2.75) is 12.1 Å². The lowest BCUT2D eigenvalue weighted by molar-refractivity contribution is -0.148. The molecule has 0 bridgehead atoms. The fourth-order valence-electron chi connectivity index (χ4n) is 1.19. The maximum absolute atomic E-state index is 12.4. The van der Waals surface area contributed by atoms with Gasteiger partial charge in [-0.1, -0.05) is 29.8 Å². The van der Waals surface area contributed by atoms with Gasteiger partial charge in [0.15, 0.2) is 0 Å². The zero-order chi connectivity index (χ0) is 10.8. The largest absolute Gasteiger partial charge is 0.397 e. The third kappa shape index (κ3) is 2.39. The topological polar surface area (TPSA) is 26.0 Å². The Morgan fingerprint density at radius 3 is 2.29 bits per heavy atom. The molecule has 1 unspecified atom stereocenters. The lowest BCUT2D eigenvalue weighted by Crippen LogP contribution is -2.28. The monoisotopic (exact) mass is 223 g/mol. The van der Waals surface area contributed by atoms with Crippen molar-refractivity contribution in [1.82, 2.24) is 0 Å². The smallest absolute Gasteiger partial charge is 0.330 e. The van der Waals surface area contributed by atoms with Crippen molar-refractivity contribution < 1.29 is 13.2 Å². The predicted octanol–water partition coefficient (Wildman–Crippen LogP) is 2.94. The van der Waals surface area contributed by atoms with Crippen LogP contribution in [0.25, 0.3) is 0 Å². The average molecular weight is 224 g/mol. The van der Waals surface area contributed by atoms with E-state index in [1.165, 1.54) is 18.2 Å². The molecule has 0 radical (unpaired) electrons. The Morgan fingerprint density at radius 1 is 1.29 bits per heavy atom. The van der Waals surface area contributed by atoms with E-state index in [4.69, 9.17) is 17.3 Å². The van der Waals surface area contributed by atoms with Gasteiger partial charge in [-0.25, -0.2) is 0 Å². The van der Waals surface area contributed by atoms with Gasteiger partial charge in [0.1, 0.15) is 0 Å². The van der Waals surface area contributed by atoms with Crippen molar-refractivity contribution in [1.29, 1.82) is 0 Å². The van der Waals surface area contributed by atoms with Crippen LogP contribution in [0.15, 0.2) is 24.3 Å². The van der Waals surface area contributed by atoms with Crippen LogP contribution in [0.2, 0.25) is 5.02 Å². The van der Waals surface area contributed by atoms with E-state index >= 15 is 0 Å². The fraction of sp³-hybridized carbons (Fsp3) is 0.333. The number of hydrogen-bond donors (Lipinski definition) is 1. The molecule has 1 aromatic rings. The zero-order valence-corrected chi connectivity index (χ0v) is 7.94. The molecule has 2 N–H and O–H groups in total. The minimum Gasteiger partial charge on any atom is -0.330 e. The summed E-state index contributed by atoms with van der Waals surface area (Å²) in [6, 6.07) is 5.85. The van der Waals surface area contributed by atoms with Crippen molar-refractivity contribution in [2.24, 2.45) is 5.73 Å². The second-order valence-corrected chi connectivity index (χ2v) is 3.26. The van der Waals surface area contributed by atoms with Crippen molar-refractivity contribution in [3.05, 3.63) is 34.9 Å². The molecule has 0 saturated carbocycles. The minimum absolute atomic E-state index is 0.0316. The first-order valence-electron chi connectivity index (χ1n) is 3.98. The Labute approximate surface area is 84.7 Å². The summed E-state index contributed by atoms with van der Waals surface area (Å²) in [6.45, 7) is -0.493. The summed E-state index contributed by atoms with van der Waals surface area (Å²) in [5, 5.41) is 0.0975. The van der Waals surface area contributed by atoms with Crippen LogP contribution >= 0.6 is 11.6 Å². The summed E-state index contributed by atoms with van der Waals surface area (Å²) in [7, 11) is 0. The molecule has 0 saturated heterocycles. The Morgan fingerprint density at radius 2 is 1.86 bits per heavy atom. The highest BCUT2D eigenvalue weighted by molar-refractivity contribution is 6.31. The lowest BCUT2D eigenvalue weighted by atomic mass is 9.99. The average Bonchev–Trinajstić information content (AvgIpc) is 2.07. The molecule has 0 spiro atoms. The molecule has 0 aliphatic heterocycles. The van der Waals surface area contributed by atoms with Crippen LogP contribution in [-0.4, -0.2) is 12.7 Å². The Hall–Kier alpha value is -0.740. The molecule has 0 aliphatic rings. The highest BCUT2D eigenvalue weighted by atomic mass is 35.5. The first kappa shape index (κ1) is 11.3. The van der Waals surface area contributed by atoms with Gasteiger partial charge in [0.25, 0.3) is 0 Å². The molecule has 0 fully saturated rings. The number of alkyl halides is 3. The standard InChI is InChI=1S/C9H9ClF3N/c10-8-4-2-1-3-6(8)7(5-14)9(11,12)13/h1-4,7H,5,14H2. The van der Waals surface area contributed by atoms with Gasteiger partial charge in [-0.3, -0.25) is 0 Å². The van der Waals surface area contributed by atoms with Gasteiger partial charge in [-0.05, 0) is 11.6 Å². The molecule has 78 valence electrons. The molecular formula is C9H9ClF3N. The van der Waals surface area contributed by atoms with E-state index in [2.05, 4.69) is 0 Å². The highest BCUT2D eigenvalue weighted by Gasteiger charge is 2.40. The van der Waals surface area contributed by atoms with E-state index in [1.807, 2.05) is 0 Å². The molecule has 14 heavy (non-hydrogen) atoms. The highest BCUT2D eigenvalue weighted by Crippen LogP contribution is 2.36. The van der Waals surface area contributed by atoms with Crippen molar-refractivity contribution in [2.75, 3.05) is 6.54 Å². The van der Waals surface area contributed by atoms with Crippen LogP contribution in [0.5, 0.6) is 0 Å². The summed E-state index contributed by atoms with van der Waals surface area (Å²) in [5.74, 6) is -1.68. The number of hydrogen-bond acceptors (Lipinski definition) is 1. The molecule has 0 aromatic heterocycles. The number of nitrogens with two attached hydrogens (primary N) is 1. The van der Waals surface area contributed by atoms with Gasteiger partial charge < -0.3 is 5.73 Å². The molecule has 0 heterocycles. The van der Waals surface area contributed by atoms with Gasteiger partial charge in [0.2, 0.25) is 0 Å².